The van der Waals surface area contributed by atoms with Gasteiger partial charge in [-0.1, -0.05) is 0 Å². The minimum Gasteiger partial charge on any atom is -0.399 e. The van der Waals surface area contributed by atoms with Gasteiger partial charge in [-0.05, 0) is 26.8 Å². The van der Waals surface area contributed by atoms with Crippen LogP contribution in [0.2, 0.25) is 0 Å². The zero-order valence-electron chi connectivity index (χ0n) is 8.78. The van der Waals surface area contributed by atoms with E-state index >= 15 is 0 Å². The molecule has 0 aliphatic heterocycles. The molecule has 0 fully saturated rings. The molecule has 0 saturated heterocycles. The lowest BCUT2D eigenvalue weighted by molar-refractivity contribution is 0.133. The van der Waals surface area contributed by atoms with Crippen LogP contribution in [0.25, 0.3) is 0 Å². The molecule has 0 spiro atoms. The molecule has 4 heteroatoms. The molecule has 0 aromatic carbocycles. The van der Waals surface area contributed by atoms with E-state index in [-0.39, 0.29) is 0 Å². The lowest BCUT2D eigenvalue weighted by Gasteiger charge is -2.29. The lowest BCUT2D eigenvalue weighted by atomic mass is 9.99. The molecule has 1 aromatic heterocycles. The van der Waals surface area contributed by atoms with Gasteiger partial charge in [0.1, 0.15) is 5.82 Å². The highest BCUT2D eigenvalue weighted by molar-refractivity contribution is 5.49. The van der Waals surface area contributed by atoms with E-state index < -0.39 is 11.6 Å². The molecule has 0 saturated carbocycles. The minimum atomic E-state index is -0.467. The molecule has 0 bridgehead atoms. The van der Waals surface area contributed by atoms with Crippen molar-refractivity contribution in [2.24, 2.45) is 0 Å². The Morgan fingerprint density at radius 3 is 2.71 bits per heavy atom. The highest BCUT2D eigenvalue weighted by Gasteiger charge is 2.23. The van der Waals surface area contributed by atoms with Crippen LogP contribution in [-0.2, 0) is 0 Å². The molecular formula is C10H17N3O. The van der Waals surface area contributed by atoms with Crippen molar-refractivity contribution in [3.05, 3.63) is 18.3 Å². The van der Waals surface area contributed by atoms with E-state index in [1.54, 1.807) is 25.3 Å². The average Bonchev–Trinajstić information content (AvgIpc) is 2.02. The summed E-state index contributed by atoms with van der Waals surface area (Å²) >= 11 is 0. The minimum absolute atomic E-state index is 0.416. The number of aliphatic hydroxyl groups is 1. The summed E-state index contributed by atoms with van der Waals surface area (Å²) in [6.45, 7) is 5.55. The molecule has 4 N–H and O–H groups in total. The average molecular weight is 195 g/mol. The second-order valence-corrected chi connectivity index (χ2v) is 4.00. The Labute approximate surface area is 84.2 Å². The zero-order valence-corrected chi connectivity index (χ0v) is 8.78. The Bertz CT molecular complexity index is 310. The molecule has 0 aliphatic carbocycles. The van der Waals surface area contributed by atoms with Crippen LogP contribution in [0.15, 0.2) is 18.3 Å². The Morgan fingerprint density at radius 1 is 1.57 bits per heavy atom. The number of rotatable bonds is 3. The fourth-order valence-electron chi connectivity index (χ4n) is 0.950. The number of nitrogen functional groups attached to an aromatic ring is 1. The van der Waals surface area contributed by atoms with Crippen molar-refractivity contribution in [2.75, 3.05) is 11.1 Å². The molecule has 0 aliphatic rings. The summed E-state index contributed by atoms with van der Waals surface area (Å²) < 4.78 is 0. The number of nitrogens with one attached hydrogen (secondary N) is 1. The van der Waals surface area contributed by atoms with E-state index in [0.717, 1.165) is 0 Å². The van der Waals surface area contributed by atoms with Crippen molar-refractivity contribution < 1.29 is 5.11 Å². The fourth-order valence-corrected chi connectivity index (χ4v) is 0.950. The summed E-state index contributed by atoms with van der Waals surface area (Å²) in [4.78, 5) is 4.10. The van der Waals surface area contributed by atoms with Crippen LogP contribution in [0, 0.1) is 0 Å². The lowest BCUT2D eigenvalue weighted by Crippen LogP contribution is -2.42. The quantitative estimate of drug-likeness (QED) is 0.678. The van der Waals surface area contributed by atoms with Crippen LogP contribution in [-0.4, -0.2) is 21.7 Å². The maximum atomic E-state index is 9.49. The van der Waals surface area contributed by atoms with Crippen LogP contribution in [0.4, 0.5) is 11.5 Å². The third kappa shape index (κ3) is 2.60. The Morgan fingerprint density at radius 2 is 2.21 bits per heavy atom. The number of hydrogen-bond acceptors (Lipinski definition) is 4. The second kappa shape index (κ2) is 3.84. The van der Waals surface area contributed by atoms with Crippen LogP contribution in [0.5, 0.6) is 0 Å². The van der Waals surface area contributed by atoms with E-state index in [1.165, 1.54) is 0 Å². The van der Waals surface area contributed by atoms with Crippen molar-refractivity contribution in [3.63, 3.8) is 0 Å². The van der Waals surface area contributed by atoms with Gasteiger partial charge in [0.05, 0.1) is 11.6 Å². The summed E-state index contributed by atoms with van der Waals surface area (Å²) in [7, 11) is 0. The predicted octanol–water partition coefficient (Wildman–Crippen LogP) is 1.24. The zero-order chi connectivity index (χ0) is 10.8. The van der Waals surface area contributed by atoms with Crippen molar-refractivity contribution >= 4 is 11.5 Å². The Kier molecular flexibility index (Phi) is 2.96. The van der Waals surface area contributed by atoms with E-state index in [9.17, 15) is 5.11 Å². The molecular weight excluding hydrogens is 178 g/mol. The number of aromatic nitrogens is 1. The van der Waals surface area contributed by atoms with Gasteiger partial charge < -0.3 is 16.2 Å². The molecule has 0 radical (unpaired) electrons. The Hall–Kier alpha value is -1.29. The first kappa shape index (κ1) is 10.8. The number of nitrogens with zero attached hydrogens (tertiary/aromatic N) is 1. The first-order chi connectivity index (χ1) is 6.42. The van der Waals surface area contributed by atoms with E-state index in [2.05, 4.69) is 10.3 Å². The number of anilines is 2. The first-order valence-electron chi connectivity index (χ1n) is 4.59. The molecule has 1 rings (SSSR count). The first-order valence-corrected chi connectivity index (χ1v) is 4.59. The van der Waals surface area contributed by atoms with E-state index in [4.69, 9.17) is 5.73 Å². The standard InChI is InChI=1S/C10H17N3O/c1-7(14)10(2,3)13-9-6-8(11)4-5-12-9/h4-7,14H,1-3H3,(H3,11,12,13). The van der Waals surface area contributed by atoms with Gasteiger partial charge in [-0.2, -0.15) is 0 Å². The molecule has 78 valence electrons. The van der Waals surface area contributed by atoms with Gasteiger partial charge in [-0.25, -0.2) is 4.98 Å². The largest absolute Gasteiger partial charge is 0.399 e. The third-order valence-corrected chi connectivity index (χ3v) is 2.28. The third-order valence-electron chi connectivity index (χ3n) is 2.28. The van der Waals surface area contributed by atoms with Gasteiger partial charge in [0.2, 0.25) is 0 Å². The van der Waals surface area contributed by atoms with Crippen LogP contribution >= 0.6 is 0 Å². The monoisotopic (exact) mass is 195 g/mol. The summed E-state index contributed by atoms with van der Waals surface area (Å²) in [5, 5.41) is 12.6. The van der Waals surface area contributed by atoms with Gasteiger partial charge in [0.25, 0.3) is 0 Å². The molecule has 1 atom stereocenters. The smallest absolute Gasteiger partial charge is 0.128 e. The van der Waals surface area contributed by atoms with Gasteiger partial charge in [0, 0.05) is 18.0 Å². The van der Waals surface area contributed by atoms with Crippen LogP contribution < -0.4 is 11.1 Å². The maximum Gasteiger partial charge on any atom is 0.128 e. The summed E-state index contributed by atoms with van der Waals surface area (Å²) in [5.41, 5.74) is 5.85. The van der Waals surface area contributed by atoms with Crippen LogP contribution in [0.1, 0.15) is 20.8 Å². The molecule has 1 unspecified atom stereocenters. The maximum absolute atomic E-state index is 9.49. The van der Waals surface area contributed by atoms with Crippen molar-refractivity contribution in [3.8, 4) is 0 Å². The molecule has 4 nitrogen and oxygen atoms in total. The summed E-state index contributed by atoms with van der Waals surface area (Å²) in [5.74, 6) is 0.677. The van der Waals surface area contributed by atoms with Gasteiger partial charge in [-0.3, -0.25) is 0 Å². The number of nitrogens with two attached hydrogens (primary N) is 1. The van der Waals surface area contributed by atoms with Crippen molar-refractivity contribution in [1.82, 2.24) is 4.98 Å². The van der Waals surface area contributed by atoms with Gasteiger partial charge in [-0.15, -0.1) is 0 Å². The number of pyridine rings is 1. The molecule has 14 heavy (non-hydrogen) atoms. The highest BCUT2D eigenvalue weighted by Crippen LogP contribution is 2.17. The Balaban J connectivity index is 2.78. The molecule has 0 amide bonds. The predicted molar refractivity (Wildman–Crippen MR) is 58.0 cm³/mol. The molecule has 1 heterocycles. The van der Waals surface area contributed by atoms with Gasteiger partial charge >= 0.3 is 0 Å². The summed E-state index contributed by atoms with van der Waals surface area (Å²) in [6.07, 6.45) is 1.17. The fraction of sp³-hybridized carbons (Fsp3) is 0.500. The topological polar surface area (TPSA) is 71.2 Å². The second-order valence-electron chi connectivity index (χ2n) is 4.00. The normalized spacial score (nSPS) is 13.7. The summed E-state index contributed by atoms with van der Waals surface area (Å²) in [6, 6.07) is 3.46. The van der Waals surface area contributed by atoms with Gasteiger partial charge in [0.15, 0.2) is 0 Å². The van der Waals surface area contributed by atoms with Crippen LogP contribution in [0.3, 0.4) is 0 Å². The number of aliphatic hydroxyl groups excluding tert-OH is 1. The molecule has 1 aromatic rings. The van der Waals surface area contributed by atoms with E-state index in [0.29, 0.717) is 11.5 Å². The van der Waals surface area contributed by atoms with E-state index in [1.807, 2.05) is 13.8 Å². The van der Waals surface area contributed by atoms with Crippen molar-refractivity contribution in [1.29, 1.82) is 0 Å². The van der Waals surface area contributed by atoms with Crippen molar-refractivity contribution in [2.45, 2.75) is 32.4 Å². The highest BCUT2D eigenvalue weighted by atomic mass is 16.3. The number of hydrogen-bond donors (Lipinski definition) is 3. The SMILES string of the molecule is CC(O)C(C)(C)Nc1cc(N)ccn1.